The van der Waals surface area contributed by atoms with Crippen LogP contribution in [0.25, 0.3) is 0 Å². The van der Waals surface area contributed by atoms with Crippen molar-refractivity contribution in [3.05, 3.63) is 30.4 Å². The molecule has 14 heavy (non-hydrogen) atoms. The largest absolute Gasteiger partial charge is 0.340 e. The number of ketones is 1. The summed E-state index contributed by atoms with van der Waals surface area (Å²) >= 11 is 0. The van der Waals surface area contributed by atoms with E-state index in [0.29, 0.717) is 12.0 Å². The molecule has 1 atom stereocenters. The highest BCUT2D eigenvalue weighted by Gasteiger charge is 2.14. The molecule has 3 nitrogen and oxygen atoms in total. The molecule has 0 aliphatic heterocycles. The summed E-state index contributed by atoms with van der Waals surface area (Å²) in [7, 11) is 1.92. The van der Waals surface area contributed by atoms with Crippen LogP contribution in [0.1, 0.15) is 19.5 Å². The maximum Gasteiger partial charge on any atom is 0.161 e. The van der Waals surface area contributed by atoms with E-state index in [1.807, 2.05) is 24.7 Å². The van der Waals surface area contributed by atoms with Gasteiger partial charge in [0.15, 0.2) is 5.78 Å². The average molecular weight is 192 g/mol. The molecule has 3 heteroatoms. The van der Waals surface area contributed by atoms with Gasteiger partial charge in [-0.1, -0.05) is 13.5 Å². The Bertz CT molecular complexity index is 352. The summed E-state index contributed by atoms with van der Waals surface area (Å²) in [6, 6.07) is 0. The summed E-state index contributed by atoms with van der Waals surface area (Å²) in [5.74, 6) is 0.0954. The van der Waals surface area contributed by atoms with Crippen molar-refractivity contribution < 1.29 is 4.79 Å². The second kappa shape index (κ2) is 4.22. The number of hydrogen-bond donors (Lipinski definition) is 0. The predicted octanol–water partition coefficient (Wildman–Crippen LogP) is 1.74. The Kier molecular flexibility index (Phi) is 3.23. The fourth-order valence-electron chi connectivity index (χ4n) is 1.40. The molecule has 0 bridgehead atoms. The van der Waals surface area contributed by atoms with E-state index < -0.39 is 0 Å². The van der Waals surface area contributed by atoms with Crippen LogP contribution in [-0.4, -0.2) is 15.3 Å². The number of Topliss-reactive ketones (excluding diaryl/α,β-unsaturated/α-hetero) is 1. The molecule has 1 unspecified atom stereocenters. The van der Waals surface area contributed by atoms with Crippen molar-refractivity contribution in [3.8, 4) is 0 Å². The molecule has 1 aromatic rings. The third-order valence-electron chi connectivity index (χ3n) is 2.14. The highest BCUT2D eigenvalue weighted by molar-refractivity contribution is 5.95. The van der Waals surface area contributed by atoms with Crippen molar-refractivity contribution in [2.75, 3.05) is 0 Å². The normalized spacial score (nSPS) is 12.5. The summed E-state index contributed by atoms with van der Waals surface area (Å²) in [4.78, 5) is 15.7. The Morgan fingerprint density at radius 3 is 2.79 bits per heavy atom. The zero-order valence-corrected chi connectivity index (χ0v) is 8.95. The van der Waals surface area contributed by atoms with Gasteiger partial charge in [-0.2, -0.15) is 0 Å². The fraction of sp³-hybridized carbons (Fsp3) is 0.455. The second-order valence-electron chi connectivity index (χ2n) is 3.78. The summed E-state index contributed by atoms with van der Waals surface area (Å²) in [6.45, 7) is 7.30. The van der Waals surface area contributed by atoms with E-state index in [1.165, 1.54) is 0 Å². The lowest BCUT2D eigenvalue weighted by atomic mass is 9.97. The van der Waals surface area contributed by atoms with Gasteiger partial charge in [0, 0.05) is 25.6 Å². The van der Waals surface area contributed by atoms with E-state index in [2.05, 4.69) is 11.6 Å². The number of imidazole rings is 1. The molecule has 0 N–H and O–H groups in total. The fourth-order valence-corrected chi connectivity index (χ4v) is 1.40. The standard InChI is InChI=1S/C11H16N2O/c1-8(2)11(14)9(3)5-10-6-13(4)7-12-10/h6-7,9H,1,5H2,2-4H3. The van der Waals surface area contributed by atoms with Crippen LogP contribution < -0.4 is 0 Å². The Labute approximate surface area is 84.5 Å². The van der Waals surface area contributed by atoms with Crippen LogP contribution >= 0.6 is 0 Å². The van der Waals surface area contributed by atoms with Crippen LogP contribution in [0.4, 0.5) is 0 Å². The molecule has 0 aliphatic carbocycles. The van der Waals surface area contributed by atoms with Crippen molar-refractivity contribution >= 4 is 5.78 Å². The summed E-state index contributed by atoms with van der Waals surface area (Å²) in [6.07, 6.45) is 4.36. The molecule has 1 aromatic heterocycles. The van der Waals surface area contributed by atoms with E-state index in [0.717, 1.165) is 5.69 Å². The van der Waals surface area contributed by atoms with E-state index >= 15 is 0 Å². The van der Waals surface area contributed by atoms with Gasteiger partial charge in [-0.3, -0.25) is 4.79 Å². The number of hydrogen-bond acceptors (Lipinski definition) is 2. The average Bonchev–Trinajstić information content (AvgIpc) is 2.49. The molecule has 0 saturated heterocycles. The SMILES string of the molecule is C=C(C)C(=O)C(C)Cc1cn(C)cn1. The molecule has 0 saturated carbocycles. The zero-order chi connectivity index (χ0) is 10.7. The first-order valence-electron chi connectivity index (χ1n) is 4.67. The number of carbonyl (C=O) groups excluding carboxylic acids is 1. The van der Waals surface area contributed by atoms with Gasteiger partial charge in [-0.25, -0.2) is 4.98 Å². The topological polar surface area (TPSA) is 34.9 Å². The smallest absolute Gasteiger partial charge is 0.161 e. The van der Waals surface area contributed by atoms with Crippen LogP contribution in [-0.2, 0) is 18.3 Å². The quantitative estimate of drug-likeness (QED) is 0.681. The molecular formula is C11H16N2O. The van der Waals surface area contributed by atoms with Crippen LogP contribution in [0.5, 0.6) is 0 Å². The molecule has 0 aromatic carbocycles. The lowest BCUT2D eigenvalue weighted by Crippen LogP contribution is -2.14. The number of rotatable bonds is 4. The van der Waals surface area contributed by atoms with Gasteiger partial charge in [0.2, 0.25) is 0 Å². The first kappa shape index (κ1) is 10.7. The van der Waals surface area contributed by atoms with Crippen molar-refractivity contribution in [2.24, 2.45) is 13.0 Å². The molecule has 1 rings (SSSR count). The van der Waals surface area contributed by atoms with Gasteiger partial charge in [-0.15, -0.1) is 0 Å². The van der Waals surface area contributed by atoms with Gasteiger partial charge in [0.05, 0.1) is 12.0 Å². The number of aryl methyl sites for hydroxylation is 1. The van der Waals surface area contributed by atoms with Crippen LogP contribution in [0.2, 0.25) is 0 Å². The van der Waals surface area contributed by atoms with E-state index in [9.17, 15) is 4.79 Å². The zero-order valence-electron chi connectivity index (χ0n) is 8.95. The van der Waals surface area contributed by atoms with E-state index in [-0.39, 0.29) is 11.7 Å². The minimum atomic E-state index is -0.0256. The second-order valence-corrected chi connectivity index (χ2v) is 3.78. The van der Waals surface area contributed by atoms with Gasteiger partial charge in [0.25, 0.3) is 0 Å². The van der Waals surface area contributed by atoms with Crippen molar-refractivity contribution in [2.45, 2.75) is 20.3 Å². The first-order chi connectivity index (χ1) is 6.50. The third-order valence-corrected chi connectivity index (χ3v) is 2.14. The van der Waals surface area contributed by atoms with E-state index in [4.69, 9.17) is 0 Å². The van der Waals surface area contributed by atoms with Crippen molar-refractivity contribution in [3.63, 3.8) is 0 Å². The monoisotopic (exact) mass is 192 g/mol. The molecule has 0 fully saturated rings. The first-order valence-corrected chi connectivity index (χ1v) is 4.67. The molecule has 0 amide bonds. The highest BCUT2D eigenvalue weighted by Crippen LogP contribution is 2.10. The van der Waals surface area contributed by atoms with E-state index in [1.54, 1.807) is 13.3 Å². The molecule has 0 aliphatic rings. The van der Waals surface area contributed by atoms with Gasteiger partial charge in [-0.05, 0) is 12.5 Å². The molecule has 1 heterocycles. The molecule has 76 valence electrons. The van der Waals surface area contributed by atoms with Gasteiger partial charge >= 0.3 is 0 Å². The maximum absolute atomic E-state index is 11.5. The van der Waals surface area contributed by atoms with Crippen LogP contribution in [0.3, 0.4) is 0 Å². The highest BCUT2D eigenvalue weighted by atomic mass is 16.1. The van der Waals surface area contributed by atoms with Crippen LogP contribution in [0.15, 0.2) is 24.7 Å². The number of aromatic nitrogens is 2. The summed E-state index contributed by atoms with van der Waals surface area (Å²) in [5, 5.41) is 0. The summed E-state index contributed by atoms with van der Waals surface area (Å²) < 4.78 is 1.88. The predicted molar refractivity (Wildman–Crippen MR) is 55.9 cm³/mol. The van der Waals surface area contributed by atoms with Gasteiger partial charge < -0.3 is 4.57 Å². The maximum atomic E-state index is 11.5. The third kappa shape index (κ3) is 2.55. The molecular weight excluding hydrogens is 176 g/mol. The van der Waals surface area contributed by atoms with Crippen LogP contribution in [0, 0.1) is 5.92 Å². The van der Waals surface area contributed by atoms with Crippen molar-refractivity contribution in [1.82, 2.24) is 9.55 Å². The lowest BCUT2D eigenvalue weighted by Gasteiger charge is -2.07. The number of carbonyl (C=O) groups is 1. The Morgan fingerprint density at radius 2 is 2.36 bits per heavy atom. The van der Waals surface area contributed by atoms with Crippen molar-refractivity contribution in [1.29, 1.82) is 0 Å². The molecule has 0 spiro atoms. The minimum Gasteiger partial charge on any atom is -0.340 e. The number of nitrogens with zero attached hydrogens (tertiary/aromatic N) is 2. The lowest BCUT2D eigenvalue weighted by molar-refractivity contribution is -0.118. The number of allylic oxidation sites excluding steroid dienone is 1. The Balaban J connectivity index is 2.61. The summed E-state index contributed by atoms with van der Waals surface area (Å²) in [5.41, 5.74) is 1.57. The molecule has 0 radical (unpaired) electrons. The Hall–Kier alpha value is -1.38. The minimum absolute atomic E-state index is 0.0256. The van der Waals surface area contributed by atoms with Gasteiger partial charge in [0.1, 0.15) is 0 Å². The Morgan fingerprint density at radius 1 is 1.71 bits per heavy atom.